The van der Waals surface area contributed by atoms with E-state index in [0.717, 1.165) is 18.4 Å². The predicted octanol–water partition coefficient (Wildman–Crippen LogP) is 2.24. The number of nitrogens with one attached hydrogen (secondary N) is 4. The normalized spacial score (nSPS) is 21.9. The molecule has 142 valence electrons. The highest BCUT2D eigenvalue weighted by atomic mass is 32.1. The molecule has 1 aliphatic carbocycles. The number of hydrogen-bond acceptors (Lipinski definition) is 5. The zero-order chi connectivity index (χ0) is 18.6. The van der Waals surface area contributed by atoms with Gasteiger partial charge in [0.15, 0.2) is 0 Å². The van der Waals surface area contributed by atoms with Gasteiger partial charge in [0, 0.05) is 11.4 Å². The zero-order valence-electron chi connectivity index (χ0n) is 15.1. The third-order valence-electron chi connectivity index (χ3n) is 5.25. The molecule has 2 amide bonds. The molecule has 4 N–H and O–H groups in total. The van der Waals surface area contributed by atoms with Gasteiger partial charge in [0.1, 0.15) is 0 Å². The number of hydrogen-bond donors (Lipinski definition) is 4. The summed E-state index contributed by atoms with van der Waals surface area (Å²) in [4.78, 5) is 27.1. The summed E-state index contributed by atoms with van der Waals surface area (Å²) >= 11 is 1.55. The average molecular weight is 385 g/mol. The molecule has 2 heterocycles. The van der Waals surface area contributed by atoms with Crippen LogP contribution in [0.1, 0.15) is 51.0 Å². The Morgan fingerprint density at radius 2 is 1.85 bits per heavy atom. The van der Waals surface area contributed by atoms with Crippen molar-refractivity contribution in [2.24, 2.45) is 5.92 Å². The van der Waals surface area contributed by atoms with E-state index in [1.165, 1.54) is 29.7 Å². The second-order valence-corrected chi connectivity index (χ2v) is 8.22. The van der Waals surface area contributed by atoms with Crippen LogP contribution in [-0.4, -0.2) is 18.4 Å². The summed E-state index contributed by atoms with van der Waals surface area (Å²) in [5.74, 6) is -0.739. The van der Waals surface area contributed by atoms with Gasteiger partial charge in [-0.05, 0) is 42.9 Å². The molecule has 2 atom stereocenters. The van der Waals surface area contributed by atoms with Gasteiger partial charge in [-0.1, -0.05) is 36.8 Å². The Bertz CT molecular complexity index is 797. The number of rotatable bonds is 3. The Labute approximate surface area is 162 Å². The highest BCUT2D eigenvalue weighted by molar-refractivity contribution is 7.14. The molecule has 27 heavy (non-hydrogen) atoms. The smallest absolute Gasteiger partial charge is 0.273 e. The summed E-state index contributed by atoms with van der Waals surface area (Å²) in [5, 5.41) is 0. The first-order valence-electron chi connectivity index (χ1n) is 9.47. The van der Waals surface area contributed by atoms with Gasteiger partial charge in [0.25, 0.3) is 5.91 Å². The van der Waals surface area contributed by atoms with Crippen molar-refractivity contribution >= 4 is 23.2 Å². The minimum atomic E-state index is -0.298. The SMILES string of the molecule is O=C(NNC(=O)C1CNNC1c1ccccc1)c1cc2c(s1)CCCCC2. The molecule has 1 fully saturated rings. The lowest BCUT2D eigenvalue weighted by Gasteiger charge is -2.18. The zero-order valence-corrected chi connectivity index (χ0v) is 15.9. The van der Waals surface area contributed by atoms with E-state index >= 15 is 0 Å². The van der Waals surface area contributed by atoms with E-state index in [1.807, 2.05) is 36.4 Å². The van der Waals surface area contributed by atoms with Crippen LogP contribution in [-0.2, 0) is 17.6 Å². The second-order valence-electron chi connectivity index (χ2n) is 7.08. The quantitative estimate of drug-likeness (QED) is 0.483. The minimum absolute atomic E-state index is 0.124. The molecule has 0 bridgehead atoms. The van der Waals surface area contributed by atoms with Crippen LogP contribution in [0.25, 0.3) is 0 Å². The standard InChI is InChI=1S/C20H24N4O2S/c25-19(15-12-21-22-18(15)13-7-3-1-4-8-13)23-24-20(26)17-11-14-9-5-2-6-10-16(14)27-17/h1,3-4,7-8,11,15,18,21-22H,2,5-6,9-10,12H2,(H,23,25)(H,24,26). The van der Waals surface area contributed by atoms with E-state index in [4.69, 9.17) is 0 Å². The Morgan fingerprint density at radius 3 is 2.70 bits per heavy atom. The molecule has 0 radical (unpaired) electrons. The number of amides is 2. The van der Waals surface area contributed by atoms with Crippen molar-refractivity contribution in [3.63, 3.8) is 0 Å². The van der Waals surface area contributed by atoms with E-state index in [2.05, 4.69) is 21.7 Å². The molecule has 1 aromatic carbocycles. The van der Waals surface area contributed by atoms with Crippen LogP contribution in [0.4, 0.5) is 0 Å². The predicted molar refractivity (Wildman–Crippen MR) is 105 cm³/mol. The molecule has 0 saturated carbocycles. The second kappa shape index (κ2) is 8.21. The van der Waals surface area contributed by atoms with Crippen LogP contribution in [0.2, 0.25) is 0 Å². The van der Waals surface area contributed by atoms with Gasteiger partial charge in [0.05, 0.1) is 16.8 Å². The fourth-order valence-electron chi connectivity index (χ4n) is 3.77. The Balaban J connectivity index is 1.37. The van der Waals surface area contributed by atoms with E-state index in [-0.39, 0.29) is 23.8 Å². The number of thiophene rings is 1. The van der Waals surface area contributed by atoms with Crippen molar-refractivity contribution < 1.29 is 9.59 Å². The number of aryl methyl sites for hydroxylation is 2. The van der Waals surface area contributed by atoms with Crippen LogP contribution >= 0.6 is 11.3 Å². The van der Waals surface area contributed by atoms with Crippen molar-refractivity contribution in [2.75, 3.05) is 6.54 Å². The van der Waals surface area contributed by atoms with Crippen LogP contribution in [0.5, 0.6) is 0 Å². The van der Waals surface area contributed by atoms with E-state index < -0.39 is 0 Å². The fraction of sp³-hybridized carbons (Fsp3) is 0.400. The van der Waals surface area contributed by atoms with Crippen molar-refractivity contribution in [1.29, 1.82) is 0 Å². The van der Waals surface area contributed by atoms with Crippen LogP contribution in [0.15, 0.2) is 36.4 Å². The maximum atomic E-state index is 12.6. The van der Waals surface area contributed by atoms with Crippen LogP contribution in [0, 0.1) is 5.92 Å². The van der Waals surface area contributed by atoms with E-state index in [9.17, 15) is 9.59 Å². The van der Waals surface area contributed by atoms with E-state index in [1.54, 1.807) is 11.3 Å². The lowest BCUT2D eigenvalue weighted by Crippen LogP contribution is -2.46. The molecular formula is C20H24N4O2S. The highest BCUT2D eigenvalue weighted by Crippen LogP contribution is 2.29. The first-order chi connectivity index (χ1) is 13.2. The summed E-state index contributed by atoms with van der Waals surface area (Å²) in [7, 11) is 0. The summed E-state index contributed by atoms with van der Waals surface area (Å²) in [6, 6.07) is 11.7. The monoisotopic (exact) mass is 384 g/mol. The largest absolute Gasteiger partial charge is 0.279 e. The van der Waals surface area contributed by atoms with Gasteiger partial charge in [-0.2, -0.15) is 0 Å². The van der Waals surface area contributed by atoms with Gasteiger partial charge in [-0.3, -0.25) is 25.9 Å². The maximum Gasteiger partial charge on any atom is 0.279 e. The third kappa shape index (κ3) is 4.05. The Kier molecular flexibility index (Phi) is 5.52. The van der Waals surface area contributed by atoms with Crippen molar-refractivity contribution in [3.05, 3.63) is 57.3 Å². The van der Waals surface area contributed by atoms with Crippen molar-refractivity contribution in [3.8, 4) is 0 Å². The molecule has 1 saturated heterocycles. The van der Waals surface area contributed by atoms with E-state index in [0.29, 0.717) is 11.4 Å². The number of benzene rings is 1. The van der Waals surface area contributed by atoms with Crippen LogP contribution in [0.3, 0.4) is 0 Å². The first-order valence-corrected chi connectivity index (χ1v) is 10.3. The summed E-state index contributed by atoms with van der Waals surface area (Å²) < 4.78 is 0. The molecule has 2 aromatic rings. The minimum Gasteiger partial charge on any atom is -0.273 e. The summed E-state index contributed by atoms with van der Waals surface area (Å²) in [6.45, 7) is 0.508. The first kappa shape index (κ1) is 18.2. The molecule has 1 aliphatic heterocycles. The summed E-state index contributed by atoms with van der Waals surface area (Å²) in [5.41, 5.74) is 13.7. The lowest BCUT2D eigenvalue weighted by molar-refractivity contribution is -0.125. The molecular weight excluding hydrogens is 360 g/mol. The van der Waals surface area contributed by atoms with Crippen molar-refractivity contribution in [1.82, 2.24) is 21.7 Å². The number of carbonyl (C=O) groups is 2. The lowest BCUT2D eigenvalue weighted by atomic mass is 9.94. The van der Waals surface area contributed by atoms with Gasteiger partial charge < -0.3 is 0 Å². The average Bonchev–Trinajstić information content (AvgIpc) is 3.29. The van der Waals surface area contributed by atoms with Crippen LogP contribution < -0.4 is 21.7 Å². The fourth-order valence-corrected chi connectivity index (χ4v) is 4.92. The maximum absolute atomic E-state index is 12.6. The van der Waals surface area contributed by atoms with Gasteiger partial charge >= 0.3 is 0 Å². The van der Waals surface area contributed by atoms with Gasteiger partial charge in [-0.15, -0.1) is 11.3 Å². The third-order valence-corrected chi connectivity index (χ3v) is 6.48. The molecule has 1 aromatic heterocycles. The molecule has 2 aliphatic rings. The van der Waals surface area contributed by atoms with Gasteiger partial charge in [-0.25, -0.2) is 5.43 Å². The number of hydrazine groups is 2. The van der Waals surface area contributed by atoms with Gasteiger partial charge in [0.2, 0.25) is 5.91 Å². The molecule has 4 rings (SSSR count). The topological polar surface area (TPSA) is 82.3 Å². The molecule has 0 spiro atoms. The summed E-state index contributed by atoms with van der Waals surface area (Å²) in [6.07, 6.45) is 5.73. The Morgan fingerprint density at radius 1 is 1.04 bits per heavy atom. The van der Waals surface area contributed by atoms with Crippen molar-refractivity contribution in [2.45, 2.75) is 38.1 Å². The molecule has 6 nitrogen and oxygen atoms in total. The number of fused-ring (bicyclic) bond motifs is 1. The number of carbonyl (C=O) groups excluding carboxylic acids is 2. The highest BCUT2D eigenvalue weighted by Gasteiger charge is 2.34. The molecule has 7 heteroatoms. The molecule has 2 unspecified atom stereocenters. The Hall–Kier alpha value is -2.22.